The molecular formula is C33H37BrN2O3. The highest BCUT2D eigenvalue weighted by Gasteiger charge is 2.41. The molecule has 5 rings (SSSR count). The first-order chi connectivity index (χ1) is 19.2. The van der Waals surface area contributed by atoms with E-state index in [4.69, 9.17) is 19.3 Å². The lowest BCUT2D eigenvalue weighted by Crippen LogP contribution is -2.33. The minimum Gasteiger partial charge on any atom is -0.494 e. The molecular weight excluding hydrogens is 552 g/mol. The molecule has 2 heterocycles. The summed E-state index contributed by atoms with van der Waals surface area (Å²) in [4.78, 5) is 0. The van der Waals surface area contributed by atoms with E-state index in [0.717, 1.165) is 63.6 Å². The van der Waals surface area contributed by atoms with Gasteiger partial charge in [0.05, 0.1) is 18.4 Å². The summed E-state index contributed by atoms with van der Waals surface area (Å²) in [6.45, 7) is 7.21. The molecule has 0 saturated carbocycles. The Bertz CT molecular complexity index is 1270. The zero-order valence-electron chi connectivity index (χ0n) is 22.7. The number of hydrazone groups is 1. The minimum atomic E-state index is -0.316. The van der Waals surface area contributed by atoms with Gasteiger partial charge in [0, 0.05) is 22.0 Å². The number of nitrogens with zero attached hydrogens (tertiary/aromatic N) is 2. The van der Waals surface area contributed by atoms with Gasteiger partial charge in [0.15, 0.2) is 0 Å². The first kappa shape index (κ1) is 27.3. The zero-order chi connectivity index (χ0) is 27.0. The first-order valence-corrected chi connectivity index (χ1v) is 14.8. The van der Waals surface area contributed by atoms with Gasteiger partial charge in [-0.05, 0) is 78.7 Å². The summed E-state index contributed by atoms with van der Waals surface area (Å²) in [6, 6.07) is 22.7. The van der Waals surface area contributed by atoms with Gasteiger partial charge in [0.25, 0.3) is 0 Å². The minimum absolute atomic E-state index is 0.0894. The molecule has 3 aromatic carbocycles. The van der Waals surface area contributed by atoms with Crippen molar-refractivity contribution in [3.8, 4) is 17.2 Å². The van der Waals surface area contributed by atoms with Crippen molar-refractivity contribution in [3.63, 3.8) is 0 Å². The largest absolute Gasteiger partial charge is 0.494 e. The van der Waals surface area contributed by atoms with E-state index in [1.807, 2.05) is 36.4 Å². The van der Waals surface area contributed by atoms with Crippen LogP contribution in [0.25, 0.3) is 0 Å². The molecule has 0 N–H and O–H groups in total. The van der Waals surface area contributed by atoms with Crippen molar-refractivity contribution in [2.75, 3.05) is 13.2 Å². The quantitative estimate of drug-likeness (QED) is 0.147. The highest BCUT2D eigenvalue weighted by atomic mass is 79.9. The summed E-state index contributed by atoms with van der Waals surface area (Å²) >= 11 is 3.64. The normalized spacial score (nSPS) is 17.6. The standard InChI is InChI=1S/C33H37BrN2O3/c1-3-5-6-7-8-9-21-38-28-17-12-25(13-18-28)33-36-31(29-22-26(34)14-19-32(29)39-33)23-30(35-36)24-10-15-27(16-11-24)37-20-4-2/h4,10-19,22,31,33H,2-3,5-9,20-21,23H2,1H3/t31-,33-/m1/s1. The number of hydrogen-bond donors (Lipinski definition) is 0. The molecule has 0 aliphatic carbocycles. The molecule has 0 aromatic heterocycles. The van der Waals surface area contributed by atoms with E-state index in [0.29, 0.717) is 6.61 Å². The Hall–Kier alpha value is -3.25. The summed E-state index contributed by atoms with van der Waals surface area (Å²) in [5, 5.41) is 7.20. The first-order valence-electron chi connectivity index (χ1n) is 14.0. The number of rotatable bonds is 13. The SMILES string of the molecule is C=CCOc1ccc(C2=NN3[C@H](C2)c2cc(Br)ccc2O[C@@H]3c2ccc(OCCCCCCCC)cc2)cc1. The third-order valence-corrected chi connectivity index (χ3v) is 7.73. The maximum Gasteiger partial charge on any atom is 0.213 e. The maximum absolute atomic E-state index is 6.55. The van der Waals surface area contributed by atoms with E-state index in [9.17, 15) is 0 Å². The lowest BCUT2D eigenvalue weighted by Gasteiger charge is -2.38. The Morgan fingerprint density at radius 1 is 0.949 bits per heavy atom. The molecule has 0 spiro atoms. The van der Waals surface area contributed by atoms with E-state index in [-0.39, 0.29) is 12.3 Å². The summed E-state index contributed by atoms with van der Waals surface area (Å²) in [5.74, 6) is 2.62. The predicted octanol–water partition coefficient (Wildman–Crippen LogP) is 9.00. The van der Waals surface area contributed by atoms with Crippen molar-refractivity contribution in [2.45, 2.75) is 64.1 Å². The predicted molar refractivity (Wildman–Crippen MR) is 161 cm³/mol. The van der Waals surface area contributed by atoms with E-state index >= 15 is 0 Å². The number of fused-ring (bicyclic) bond motifs is 3. The van der Waals surface area contributed by atoms with Gasteiger partial charge in [-0.15, -0.1) is 0 Å². The second kappa shape index (κ2) is 13.2. The van der Waals surface area contributed by atoms with Crippen LogP contribution in [-0.2, 0) is 0 Å². The van der Waals surface area contributed by atoms with Crippen LogP contribution in [0.15, 0.2) is 89.0 Å². The summed E-state index contributed by atoms with van der Waals surface area (Å²) in [6.07, 6.45) is 9.77. The van der Waals surface area contributed by atoms with Crippen LogP contribution in [0.1, 0.15) is 80.8 Å². The fourth-order valence-corrected chi connectivity index (χ4v) is 5.53. The lowest BCUT2D eigenvalue weighted by atomic mass is 9.96. The number of hydrogen-bond acceptors (Lipinski definition) is 5. The molecule has 2 aliphatic rings. The highest BCUT2D eigenvalue weighted by molar-refractivity contribution is 9.10. The fraction of sp³-hybridized carbons (Fsp3) is 0.364. The topological polar surface area (TPSA) is 43.3 Å². The molecule has 0 saturated heterocycles. The Kier molecular flexibility index (Phi) is 9.25. The molecule has 0 amide bonds. The summed E-state index contributed by atoms with van der Waals surface area (Å²) in [7, 11) is 0. The zero-order valence-corrected chi connectivity index (χ0v) is 24.2. The molecule has 2 aliphatic heterocycles. The van der Waals surface area contributed by atoms with Crippen molar-refractivity contribution in [3.05, 3.63) is 101 Å². The monoisotopic (exact) mass is 588 g/mol. The Balaban J connectivity index is 1.31. The molecule has 0 radical (unpaired) electrons. The number of unbranched alkanes of at least 4 members (excludes halogenated alkanes) is 5. The molecule has 0 unspecified atom stereocenters. The lowest BCUT2D eigenvalue weighted by molar-refractivity contribution is -0.0191. The molecule has 0 fully saturated rings. The second-order valence-corrected chi connectivity index (χ2v) is 11.0. The number of ether oxygens (including phenoxy) is 3. The van der Waals surface area contributed by atoms with Crippen LogP contribution >= 0.6 is 15.9 Å². The second-order valence-electron chi connectivity index (χ2n) is 10.1. The molecule has 3 aromatic rings. The van der Waals surface area contributed by atoms with Crippen molar-refractivity contribution < 1.29 is 14.2 Å². The van der Waals surface area contributed by atoms with Gasteiger partial charge in [-0.2, -0.15) is 5.10 Å². The van der Waals surface area contributed by atoms with Gasteiger partial charge in [-0.25, -0.2) is 5.01 Å². The fourth-order valence-electron chi connectivity index (χ4n) is 5.15. The average molecular weight is 590 g/mol. The highest BCUT2D eigenvalue weighted by Crippen LogP contribution is 2.48. The maximum atomic E-state index is 6.55. The van der Waals surface area contributed by atoms with E-state index in [2.05, 4.69) is 64.8 Å². The number of halogens is 1. The van der Waals surface area contributed by atoms with Crippen molar-refractivity contribution >= 4 is 21.6 Å². The van der Waals surface area contributed by atoms with Crippen molar-refractivity contribution in [2.24, 2.45) is 5.10 Å². The Morgan fingerprint density at radius 2 is 1.67 bits per heavy atom. The van der Waals surface area contributed by atoms with Crippen LogP contribution < -0.4 is 14.2 Å². The average Bonchev–Trinajstić information content (AvgIpc) is 3.42. The molecule has 5 nitrogen and oxygen atoms in total. The van der Waals surface area contributed by atoms with Gasteiger partial charge >= 0.3 is 0 Å². The molecule has 2 atom stereocenters. The van der Waals surface area contributed by atoms with Crippen molar-refractivity contribution in [1.82, 2.24) is 5.01 Å². The molecule has 204 valence electrons. The molecule has 6 heteroatoms. The van der Waals surface area contributed by atoms with Crippen molar-refractivity contribution in [1.29, 1.82) is 0 Å². The van der Waals surface area contributed by atoms with Gasteiger partial charge in [-0.1, -0.05) is 67.6 Å². The summed E-state index contributed by atoms with van der Waals surface area (Å²) < 4.78 is 19.3. The van der Waals surface area contributed by atoms with Crippen LogP contribution in [0.4, 0.5) is 0 Å². The summed E-state index contributed by atoms with van der Waals surface area (Å²) in [5.41, 5.74) is 4.32. The van der Waals surface area contributed by atoms with Gasteiger partial charge in [-0.3, -0.25) is 0 Å². The van der Waals surface area contributed by atoms with Crippen LogP contribution in [0, 0.1) is 0 Å². The van der Waals surface area contributed by atoms with E-state index < -0.39 is 0 Å². The van der Waals surface area contributed by atoms with Crippen LogP contribution in [0.3, 0.4) is 0 Å². The third-order valence-electron chi connectivity index (χ3n) is 7.24. The Morgan fingerprint density at radius 3 is 2.44 bits per heavy atom. The smallest absolute Gasteiger partial charge is 0.213 e. The molecule has 0 bridgehead atoms. The van der Waals surface area contributed by atoms with E-state index in [1.165, 1.54) is 32.1 Å². The van der Waals surface area contributed by atoms with Gasteiger partial charge in [0.1, 0.15) is 23.9 Å². The van der Waals surface area contributed by atoms with E-state index in [1.54, 1.807) is 6.08 Å². The van der Waals surface area contributed by atoms with Crippen LogP contribution in [0.2, 0.25) is 0 Å². The number of benzene rings is 3. The third kappa shape index (κ3) is 6.67. The van der Waals surface area contributed by atoms with Crippen LogP contribution in [0.5, 0.6) is 17.2 Å². The Labute approximate surface area is 240 Å². The molecule has 39 heavy (non-hydrogen) atoms. The van der Waals surface area contributed by atoms with Crippen LogP contribution in [-0.4, -0.2) is 23.9 Å². The van der Waals surface area contributed by atoms with Gasteiger partial charge < -0.3 is 14.2 Å². The van der Waals surface area contributed by atoms with Gasteiger partial charge in [0.2, 0.25) is 6.23 Å².